The molecular weight excluding hydrogens is 383 g/mol. The number of allylic oxidation sites excluding steroid dienone is 3. The molecular formula is C25H33FO4. The molecule has 0 aromatic heterocycles. The van der Waals surface area contributed by atoms with Gasteiger partial charge in [0.2, 0.25) is 0 Å². The van der Waals surface area contributed by atoms with E-state index in [1.54, 1.807) is 12.2 Å². The second-order valence-electron chi connectivity index (χ2n) is 8.55. The second kappa shape index (κ2) is 10.9. The Morgan fingerprint density at radius 1 is 1.27 bits per heavy atom. The Kier molecular flexibility index (Phi) is 8.23. The van der Waals surface area contributed by atoms with E-state index in [-0.39, 0.29) is 24.2 Å². The summed E-state index contributed by atoms with van der Waals surface area (Å²) >= 11 is 0. The van der Waals surface area contributed by atoms with Crippen LogP contribution in [0.5, 0.6) is 0 Å². The topological polar surface area (TPSA) is 66.8 Å². The number of hydrogen-bond acceptors (Lipinski definition) is 4. The van der Waals surface area contributed by atoms with Crippen LogP contribution >= 0.6 is 0 Å². The number of methoxy groups -OCH3 is 1. The number of carbonyl (C=O) groups is 1. The Morgan fingerprint density at radius 2 is 1.97 bits per heavy atom. The monoisotopic (exact) mass is 416 g/mol. The third-order valence-corrected chi connectivity index (χ3v) is 6.52. The van der Waals surface area contributed by atoms with Crippen LogP contribution in [0.4, 0.5) is 4.39 Å². The maximum atomic E-state index is 14.5. The molecule has 0 amide bonds. The van der Waals surface area contributed by atoms with Gasteiger partial charge in [0.05, 0.1) is 19.3 Å². The smallest absolute Gasteiger partial charge is 0.305 e. The average molecular weight is 417 g/mol. The van der Waals surface area contributed by atoms with Crippen LogP contribution in [0.1, 0.15) is 43.2 Å². The van der Waals surface area contributed by atoms with Crippen molar-refractivity contribution in [3.8, 4) is 0 Å². The number of halogens is 1. The molecule has 1 fully saturated rings. The number of unbranched alkanes of at least 4 members (excludes halogenated alkanes) is 1. The predicted molar refractivity (Wildman–Crippen MR) is 115 cm³/mol. The Bertz CT molecular complexity index is 734. The molecule has 30 heavy (non-hydrogen) atoms. The van der Waals surface area contributed by atoms with Gasteiger partial charge >= 0.3 is 5.97 Å². The third-order valence-electron chi connectivity index (χ3n) is 6.52. The summed E-state index contributed by atoms with van der Waals surface area (Å²) in [7, 11) is 1.38. The van der Waals surface area contributed by atoms with E-state index >= 15 is 0 Å². The molecule has 2 aliphatic rings. The standard InChI is InChI=1S/C25H33FO4/c1-30-25(29)11-5-3-2-4-10-21-20(22(26)16-24(21)28)12-13-23(27)19-14-17-8-6-7-9-18(17)15-19/h2,4,6-9,12-13,19-24,27-28H,3,5,10-11,14-16H2,1H3/b4-2-,13-12+/t20?,21?,22-,23-,24-/m0/s1. The van der Waals surface area contributed by atoms with E-state index in [1.807, 2.05) is 24.3 Å². The summed E-state index contributed by atoms with van der Waals surface area (Å²) in [6, 6.07) is 8.24. The number of aliphatic hydroxyl groups excluding tert-OH is 2. The Morgan fingerprint density at radius 3 is 2.63 bits per heavy atom. The van der Waals surface area contributed by atoms with E-state index in [9.17, 15) is 19.4 Å². The van der Waals surface area contributed by atoms with Gasteiger partial charge in [-0.05, 0) is 55.1 Å². The van der Waals surface area contributed by atoms with Crippen LogP contribution < -0.4 is 0 Å². The number of aliphatic hydroxyl groups is 2. The van der Waals surface area contributed by atoms with Gasteiger partial charge < -0.3 is 14.9 Å². The van der Waals surface area contributed by atoms with Crippen LogP contribution in [-0.2, 0) is 22.4 Å². The number of esters is 1. The number of alkyl halides is 1. The van der Waals surface area contributed by atoms with Gasteiger partial charge in [0.15, 0.2) is 0 Å². The molecule has 0 bridgehead atoms. The fourth-order valence-corrected chi connectivity index (χ4v) is 4.74. The minimum absolute atomic E-state index is 0.121. The van der Waals surface area contributed by atoms with Crippen LogP contribution in [0.2, 0.25) is 0 Å². The molecule has 0 heterocycles. The van der Waals surface area contributed by atoms with Gasteiger partial charge in [0.25, 0.3) is 0 Å². The van der Waals surface area contributed by atoms with E-state index in [4.69, 9.17) is 0 Å². The highest BCUT2D eigenvalue weighted by molar-refractivity contribution is 5.69. The predicted octanol–water partition coefficient (Wildman–Crippen LogP) is 3.94. The van der Waals surface area contributed by atoms with Gasteiger partial charge in [-0.25, -0.2) is 4.39 Å². The molecule has 5 atom stereocenters. The summed E-state index contributed by atoms with van der Waals surface area (Å²) in [6.45, 7) is 0. The SMILES string of the molecule is COC(=O)CCC/C=C\CC1C(/C=C/[C@H](O)C2Cc3ccccc3C2)[C@@H](F)C[C@@H]1O. The molecule has 3 rings (SSSR count). The molecule has 1 aromatic carbocycles. The van der Waals surface area contributed by atoms with Crippen molar-refractivity contribution in [3.63, 3.8) is 0 Å². The fraction of sp³-hybridized carbons (Fsp3) is 0.560. The Balaban J connectivity index is 1.51. The molecule has 2 N–H and O–H groups in total. The highest BCUT2D eigenvalue weighted by Crippen LogP contribution is 2.38. The fourth-order valence-electron chi connectivity index (χ4n) is 4.74. The molecule has 4 nitrogen and oxygen atoms in total. The minimum Gasteiger partial charge on any atom is -0.469 e. The van der Waals surface area contributed by atoms with Crippen molar-refractivity contribution < 1.29 is 24.1 Å². The van der Waals surface area contributed by atoms with Crippen LogP contribution in [0.25, 0.3) is 0 Å². The Labute approximate surface area is 178 Å². The zero-order valence-corrected chi connectivity index (χ0v) is 17.6. The van der Waals surface area contributed by atoms with Crippen molar-refractivity contribution >= 4 is 5.97 Å². The number of carbonyl (C=O) groups excluding carboxylic acids is 1. The summed E-state index contributed by atoms with van der Waals surface area (Å²) < 4.78 is 19.1. The van der Waals surface area contributed by atoms with Crippen LogP contribution in [0, 0.1) is 17.8 Å². The maximum absolute atomic E-state index is 14.5. The zero-order chi connectivity index (χ0) is 21.5. The van der Waals surface area contributed by atoms with E-state index in [0.717, 1.165) is 19.3 Å². The zero-order valence-electron chi connectivity index (χ0n) is 17.6. The van der Waals surface area contributed by atoms with Crippen molar-refractivity contribution in [2.24, 2.45) is 17.8 Å². The molecule has 0 spiro atoms. The first kappa shape index (κ1) is 22.7. The number of fused-ring (bicyclic) bond motifs is 1. The molecule has 5 heteroatoms. The maximum Gasteiger partial charge on any atom is 0.305 e. The lowest BCUT2D eigenvalue weighted by Gasteiger charge is -2.20. The number of hydrogen-bond donors (Lipinski definition) is 2. The average Bonchev–Trinajstić information content (AvgIpc) is 3.29. The number of ether oxygens (including phenoxy) is 1. The lowest BCUT2D eigenvalue weighted by Crippen LogP contribution is -2.21. The highest BCUT2D eigenvalue weighted by Gasteiger charge is 2.40. The Hall–Kier alpha value is -1.98. The first-order valence-electron chi connectivity index (χ1n) is 11.0. The molecule has 0 saturated heterocycles. The third kappa shape index (κ3) is 5.79. The summed E-state index contributed by atoms with van der Waals surface area (Å²) in [5, 5.41) is 20.9. The normalized spacial score (nSPS) is 27.7. The van der Waals surface area contributed by atoms with E-state index < -0.39 is 24.3 Å². The molecule has 0 radical (unpaired) electrons. The van der Waals surface area contributed by atoms with E-state index in [0.29, 0.717) is 19.3 Å². The van der Waals surface area contributed by atoms with Crippen LogP contribution in [0.3, 0.4) is 0 Å². The van der Waals surface area contributed by atoms with E-state index in [2.05, 4.69) is 16.9 Å². The molecule has 1 aromatic rings. The van der Waals surface area contributed by atoms with Crippen molar-refractivity contribution in [1.82, 2.24) is 0 Å². The summed E-state index contributed by atoms with van der Waals surface area (Å²) in [5.41, 5.74) is 2.56. The van der Waals surface area contributed by atoms with Gasteiger partial charge in [0.1, 0.15) is 6.17 Å². The first-order chi connectivity index (χ1) is 14.5. The van der Waals surface area contributed by atoms with Gasteiger partial charge in [-0.1, -0.05) is 48.6 Å². The number of benzene rings is 1. The minimum atomic E-state index is -1.10. The highest BCUT2D eigenvalue weighted by atomic mass is 19.1. The number of rotatable bonds is 9. The van der Waals surface area contributed by atoms with Gasteiger partial charge in [-0.15, -0.1) is 0 Å². The molecule has 2 unspecified atom stereocenters. The molecule has 1 saturated carbocycles. The molecule has 0 aliphatic heterocycles. The van der Waals surface area contributed by atoms with Crippen molar-refractivity contribution in [2.45, 2.75) is 63.3 Å². The second-order valence-corrected chi connectivity index (χ2v) is 8.55. The largest absolute Gasteiger partial charge is 0.469 e. The van der Waals surface area contributed by atoms with Crippen LogP contribution in [0.15, 0.2) is 48.6 Å². The summed E-state index contributed by atoms with van der Waals surface area (Å²) in [5.74, 6) is -0.681. The van der Waals surface area contributed by atoms with Gasteiger partial charge in [0, 0.05) is 18.8 Å². The van der Waals surface area contributed by atoms with Crippen molar-refractivity contribution in [3.05, 3.63) is 59.7 Å². The molecule has 2 aliphatic carbocycles. The lowest BCUT2D eigenvalue weighted by atomic mass is 9.89. The van der Waals surface area contributed by atoms with Crippen LogP contribution in [-0.4, -0.2) is 41.7 Å². The summed E-state index contributed by atoms with van der Waals surface area (Å²) in [6.07, 6.45) is 9.32. The molecule has 164 valence electrons. The summed E-state index contributed by atoms with van der Waals surface area (Å²) in [4.78, 5) is 11.1. The quantitative estimate of drug-likeness (QED) is 0.364. The van der Waals surface area contributed by atoms with Crippen molar-refractivity contribution in [1.29, 1.82) is 0 Å². The van der Waals surface area contributed by atoms with Gasteiger partial charge in [-0.2, -0.15) is 0 Å². The van der Waals surface area contributed by atoms with Crippen molar-refractivity contribution in [2.75, 3.05) is 7.11 Å². The van der Waals surface area contributed by atoms with E-state index in [1.165, 1.54) is 18.2 Å². The first-order valence-corrected chi connectivity index (χ1v) is 11.0. The lowest BCUT2D eigenvalue weighted by molar-refractivity contribution is -0.140. The van der Waals surface area contributed by atoms with Gasteiger partial charge in [-0.3, -0.25) is 4.79 Å².